The number of ketones is 1. The third-order valence-corrected chi connectivity index (χ3v) is 11.3. The van der Waals surface area contributed by atoms with Crippen molar-refractivity contribution in [1.82, 2.24) is 4.90 Å². The number of carbonyl (C=O) groups is 3. The zero-order valence-electron chi connectivity index (χ0n) is 24.6. The van der Waals surface area contributed by atoms with Crippen LogP contribution in [0, 0.1) is 12.8 Å². The fourth-order valence-electron chi connectivity index (χ4n) is 6.84. The van der Waals surface area contributed by atoms with E-state index in [1.807, 2.05) is 90.9 Å². The van der Waals surface area contributed by atoms with Crippen molar-refractivity contribution < 1.29 is 28.6 Å². The van der Waals surface area contributed by atoms with Crippen LogP contribution >= 0.6 is 23.1 Å². The summed E-state index contributed by atoms with van der Waals surface area (Å²) < 4.78 is 18.9. The molecule has 1 spiro atoms. The molecule has 226 valence electrons. The van der Waals surface area contributed by atoms with Crippen LogP contribution in [0.1, 0.15) is 50.8 Å². The number of esters is 1. The van der Waals surface area contributed by atoms with Crippen molar-refractivity contribution in [3.05, 3.63) is 122 Å². The van der Waals surface area contributed by atoms with Gasteiger partial charge in [0.05, 0.1) is 22.9 Å². The number of Topliss-reactive ketones (excluding diaryl/α,β-unsaturated/α-hetero) is 1. The van der Waals surface area contributed by atoms with Crippen LogP contribution < -0.4 is 9.47 Å². The highest BCUT2D eigenvalue weighted by Crippen LogP contribution is 2.56. The number of thiophene rings is 1. The molecule has 4 aliphatic heterocycles. The molecule has 3 aromatic carbocycles. The zero-order valence-corrected chi connectivity index (χ0v) is 26.3. The molecule has 1 amide bonds. The van der Waals surface area contributed by atoms with Crippen molar-refractivity contribution >= 4 is 40.8 Å². The average Bonchev–Trinajstić information content (AvgIpc) is 3.65. The highest BCUT2D eigenvalue weighted by Gasteiger charge is 2.54. The van der Waals surface area contributed by atoms with E-state index in [2.05, 4.69) is 5.41 Å². The molecule has 4 aliphatic rings. The molecule has 1 saturated heterocycles. The number of fused-ring (bicyclic) bond motifs is 7. The van der Waals surface area contributed by atoms with E-state index in [4.69, 9.17) is 14.2 Å². The lowest BCUT2D eigenvalue weighted by atomic mass is 9.77. The van der Waals surface area contributed by atoms with Gasteiger partial charge in [0.15, 0.2) is 5.60 Å². The number of benzene rings is 3. The third kappa shape index (κ3) is 4.43. The van der Waals surface area contributed by atoms with Crippen LogP contribution in [0.5, 0.6) is 17.2 Å². The second-order valence-corrected chi connectivity index (χ2v) is 13.9. The summed E-state index contributed by atoms with van der Waals surface area (Å²) in [6.45, 7) is 4.30. The molecule has 9 heteroatoms. The molecule has 0 N–H and O–H groups in total. The highest BCUT2D eigenvalue weighted by atomic mass is 32.2. The van der Waals surface area contributed by atoms with Gasteiger partial charge < -0.3 is 19.1 Å². The summed E-state index contributed by atoms with van der Waals surface area (Å²) in [4.78, 5) is 41.7. The van der Waals surface area contributed by atoms with Crippen molar-refractivity contribution in [3.63, 3.8) is 0 Å². The Balaban J connectivity index is 1.01. The second-order valence-electron chi connectivity index (χ2n) is 11.9. The van der Waals surface area contributed by atoms with Gasteiger partial charge in [-0.3, -0.25) is 9.59 Å². The first-order valence-corrected chi connectivity index (χ1v) is 16.8. The van der Waals surface area contributed by atoms with E-state index in [0.29, 0.717) is 35.8 Å². The SMILES string of the molecule is Cc1ccc2c(c1)Oc1cc(OCC3=CSC4C(CC(=O)Cc5cccs5)C(=O)N4C3C)ccc1C21OC(=O)c2ccccc21. The number of aryl methyl sites for hydroxylation is 1. The summed E-state index contributed by atoms with van der Waals surface area (Å²) in [5.41, 5.74) is 3.75. The maximum absolute atomic E-state index is 13.1. The van der Waals surface area contributed by atoms with E-state index < -0.39 is 5.60 Å². The van der Waals surface area contributed by atoms with Crippen LogP contribution in [-0.2, 0) is 26.3 Å². The minimum atomic E-state index is -1.12. The largest absolute Gasteiger partial charge is 0.489 e. The lowest BCUT2D eigenvalue weighted by Gasteiger charge is -2.52. The quantitative estimate of drug-likeness (QED) is 0.160. The molecule has 4 unspecified atom stereocenters. The zero-order chi connectivity index (χ0) is 30.9. The van der Waals surface area contributed by atoms with Crippen LogP contribution in [0.15, 0.2) is 89.2 Å². The van der Waals surface area contributed by atoms with E-state index in [1.165, 1.54) is 0 Å². The lowest BCUT2D eigenvalue weighted by molar-refractivity contribution is -0.154. The fraction of sp³-hybridized carbons (Fsp3) is 0.250. The summed E-state index contributed by atoms with van der Waals surface area (Å²) in [7, 11) is 0. The number of thioether (sulfide) groups is 1. The fourth-order valence-corrected chi connectivity index (χ4v) is 8.98. The number of hydrogen-bond donors (Lipinski definition) is 0. The summed E-state index contributed by atoms with van der Waals surface area (Å²) >= 11 is 3.15. The number of β-lactam (4-membered cyclic amide) rings is 1. The van der Waals surface area contributed by atoms with Crippen molar-refractivity contribution in [3.8, 4) is 17.2 Å². The van der Waals surface area contributed by atoms with Crippen LogP contribution in [0.4, 0.5) is 0 Å². The minimum Gasteiger partial charge on any atom is -0.489 e. The smallest absolute Gasteiger partial charge is 0.340 e. The van der Waals surface area contributed by atoms with Crippen LogP contribution in [0.3, 0.4) is 0 Å². The highest BCUT2D eigenvalue weighted by molar-refractivity contribution is 8.02. The number of nitrogens with zero attached hydrogens (tertiary/aromatic N) is 1. The van der Waals surface area contributed by atoms with Crippen LogP contribution in [-0.4, -0.2) is 40.6 Å². The number of ether oxygens (including phenoxy) is 3. The molecule has 5 heterocycles. The van der Waals surface area contributed by atoms with Gasteiger partial charge in [-0.15, -0.1) is 23.1 Å². The van der Waals surface area contributed by atoms with E-state index >= 15 is 0 Å². The van der Waals surface area contributed by atoms with Gasteiger partial charge in [-0.05, 0) is 66.1 Å². The Morgan fingerprint density at radius 3 is 2.60 bits per heavy atom. The minimum absolute atomic E-state index is 0.0259. The molecule has 0 bridgehead atoms. The summed E-state index contributed by atoms with van der Waals surface area (Å²) in [5.74, 6) is 1.27. The lowest BCUT2D eigenvalue weighted by Crippen LogP contribution is -2.64. The van der Waals surface area contributed by atoms with Gasteiger partial charge in [-0.1, -0.05) is 36.4 Å². The Morgan fingerprint density at radius 1 is 0.978 bits per heavy atom. The van der Waals surface area contributed by atoms with Gasteiger partial charge in [0.25, 0.3) is 0 Å². The Bertz CT molecular complexity index is 1920. The monoisotopic (exact) mass is 635 g/mol. The molecular formula is C36H29NO6S2. The first-order chi connectivity index (χ1) is 21.8. The molecule has 0 aliphatic carbocycles. The normalized spacial score (nSPS) is 24.0. The summed E-state index contributed by atoms with van der Waals surface area (Å²) in [6.07, 6.45) is 0.658. The third-order valence-electron chi connectivity index (χ3n) is 9.15. The molecule has 0 saturated carbocycles. The molecule has 8 rings (SSSR count). The van der Waals surface area contributed by atoms with E-state index in [-0.39, 0.29) is 41.4 Å². The standard InChI is InChI=1S/C36H29NO6S2/c1-20-9-11-29-31(14-20)42-32-17-24(10-12-30(32)36(29)28-8-4-3-7-26(28)35(40)43-36)41-18-22-19-45-34-27(33(39)37(34)21(22)2)16-23(38)15-25-6-5-13-44-25/h3-14,17,19,21,27,34H,15-16,18H2,1-2H3. The molecule has 7 nitrogen and oxygen atoms in total. The van der Waals surface area contributed by atoms with Gasteiger partial charge >= 0.3 is 5.97 Å². The van der Waals surface area contributed by atoms with E-state index in [0.717, 1.165) is 32.7 Å². The Morgan fingerprint density at radius 2 is 1.78 bits per heavy atom. The molecular weight excluding hydrogens is 607 g/mol. The van der Waals surface area contributed by atoms with Crippen molar-refractivity contribution in [2.75, 3.05) is 6.61 Å². The number of carbonyl (C=O) groups excluding carboxylic acids is 3. The van der Waals surface area contributed by atoms with Gasteiger partial charge in [0.2, 0.25) is 5.91 Å². The number of hydrogen-bond acceptors (Lipinski definition) is 8. The van der Waals surface area contributed by atoms with Crippen molar-refractivity contribution in [2.24, 2.45) is 5.92 Å². The first kappa shape index (κ1) is 28.2. The molecule has 4 atom stereocenters. The predicted octanol–water partition coefficient (Wildman–Crippen LogP) is 7.01. The average molecular weight is 636 g/mol. The topological polar surface area (TPSA) is 82.1 Å². The van der Waals surface area contributed by atoms with Crippen LogP contribution in [0.25, 0.3) is 0 Å². The van der Waals surface area contributed by atoms with Gasteiger partial charge in [-0.25, -0.2) is 4.79 Å². The summed E-state index contributed by atoms with van der Waals surface area (Å²) in [6, 6.07) is 22.8. The van der Waals surface area contributed by atoms with E-state index in [9.17, 15) is 14.4 Å². The number of amides is 1. The van der Waals surface area contributed by atoms with E-state index in [1.54, 1.807) is 29.2 Å². The first-order valence-electron chi connectivity index (χ1n) is 14.9. The van der Waals surface area contributed by atoms with Crippen molar-refractivity contribution in [2.45, 2.75) is 43.7 Å². The number of rotatable bonds is 7. The van der Waals surface area contributed by atoms with Crippen LogP contribution in [0.2, 0.25) is 0 Å². The van der Waals surface area contributed by atoms with Gasteiger partial charge in [-0.2, -0.15) is 0 Å². The molecule has 1 fully saturated rings. The molecule has 0 radical (unpaired) electrons. The second kappa shape index (κ2) is 10.6. The van der Waals surface area contributed by atoms with Gasteiger partial charge in [0.1, 0.15) is 29.6 Å². The summed E-state index contributed by atoms with van der Waals surface area (Å²) in [5, 5.41) is 4.01. The predicted molar refractivity (Wildman–Crippen MR) is 172 cm³/mol. The molecule has 1 aromatic heterocycles. The maximum Gasteiger partial charge on any atom is 0.340 e. The molecule has 45 heavy (non-hydrogen) atoms. The maximum atomic E-state index is 13.1. The molecule has 4 aromatic rings. The Hall–Kier alpha value is -4.34. The Labute approximate surface area is 268 Å². The van der Waals surface area contributed by atoms with Crippen molar-refractivity contribution in [1.29, 1.82) is 0 Å². The Kier molecular flexibility index (Phi) is 6.65. The van der Waals surface area contributed by atoms with Gasteiger partial charge in [0, 0.05) is 40.5 Å².